The van der Waals surface area contributed by atoms with Crippen molar-refractivity contribution in [3.8, 4) is 0 Å². The molecule has 0 spiro atoms. The summed E-state index contributed by atoms with van der Waals surface area (Å²) in [6.45, 7) is 1.75. The topological polar surface area (TPSA) is 84.5 Å². The summed E-state index contributed by atoms with van der Waals surface area (Å²) < 4.78 is 4.73. The highest BCUT2D eigenvalue weighted by Crippen LogP contribution is 2.21. The number of amides is 2. The van der Waals surface area contributed by atoms with Crippen LogP contribution in [0.15, 0.2) is 24.3 Å². The second kappa shape index (κ2) is 7.76. The number of carbonyl (C=O) groups excluding carboxylic acids is 3. The first-order valence-corrected chi connectivity index (χ1v) is 7.79. The van der Waals surface area contributed by atoms with Gasteiger partial charge in [-0.25, -0.2) is 0 Å². The van der Waals surface area contributed by atoms with Gasteiger partial charge in [0.05, 0.1) is 13.0 Å². The van der Waals surface area contributed by atoms with E-state index in [4.69, 9.17) is 4.74 Å². The van der Waals surface area contributed by atoms with Gasteiger partial charge in [-0.1, -0.05) is 18.6 Å². The van der Waals surface area contributed by atoms with Crippen LogP contribution < -0.4 is 10.6 Å². The molecule has 1 aromatic rings. The van der Waals surface area contributed by atoms with Gasteiger partial charge in [-0.05, 0) is 37.5 Å². The number of ether oxygens (including phenoxy) is 1. The summed E-state index contributed by atoms with van der Waals surface area (Å²) in [4.78, 5) is 35.5. The maximum Gasteiger partial charge on any atom is 0.312 e. The van der Waals surface area contributed by atoms with Crippen LogP contribution in [-0.2, 0) is 19.1 Å². The van der Waals surface area contributed by atoms with Crippen LogP contribution in [0.5, 0.6) is 0 Å². The zero-order chi connectivity index (χ0) is 16.8. The van der Waals surface area contributed by atoms with E-state index in [9.17, 15) is 14.4 Å². The fraction of sp³-hybridized carbons (Fsp3) is 0.471. The first kappa shape index (κ1) is 17.0. The maximum absolute atomic E-state index is 12.3. The minimum atomic E-state index is -0.508. The Kier molecular flexibility index (Phi) is 5.73. The Morgan fingerprint density at radius 2 is 2.13 bits per heavy atom. The lowest BCUT2D eigenvalue weighted by Crippen LogP contribution is -2.42. The molecule has 0 aliphatic carbocycles. The smallest absolute Gasteiger partial charge is 0.312 e. The number of benzene rings is 1. The minimum Gasteiger partial charge on any atom is -0.469 e. The molecule has 2 unspecified atom stereocenters. The number of anilines is 1. The summed E-state index contributed by atoms with van der Waals surface area (Å²) >= 11 is 0. The normalized spacial score (nSPS) is 19.2. The van der Waals surface area contributed by atoms with E-state index >= 15 is 0 Å². The molecule has 1 fully saturated rings. The van der Waals surface area contributed by atoms with Crippen molar-refractivity contribution in [3.63, 3.8) is 0 Å². The van der Waals surface area contributed by atoms with E-state index in [1.807, 2.05) is 6.07 Å². The number of methoxy groups -OCH3 is 1. The Morgan fingerprint density at radius 3 is 2.87 bits per heavy atom. The fourth-order valence-corrected chi connectivity index (χ4v) is 2.60. The van der Waals surface area contributed by atoms with Crippen LogP contribution in [0, 0.1) is 0 Å². The molecule has 2 N–H and O–H groups in total. The quantitative estimate of drug-likeness (QED) is 0.831. The van der Waals surface area contributed by atoms with Gasteiger partial charge in [0.1, 0.15) is 6.04 Å². The van der Waals surface area contributed by atoms with E-state index in [0.717, 1.165) is 18.4 Å². The van der Waals surface area contributed by atoms with Crippen LogP contribution in [0.25, 0.3) is 0 Å². The SMILES string of the molecule is COC(=O)C(C)c1cccc(NC(=O)C2CCCCC(=O)N2)c1. The summed E-state index contributed by atoms with van der Waals surface area (Å²) in [5.41, 5.74) is 1.36. The first-order chi connectivity index (χ1) is 11.0. The minimum absolute atomic E-state index is 0.0873. The van der Waals surface area contributed by atoms with Crippen molar-refractivity contribution >= 4 is 23.5 Å². The molecule has 0 aromatic heterocycles. The molecule has 0 bridgehead atoms. The molecule has 6 nitrogen and oxygen atoms in total. The molecular formula is C17H22N2O4. The highest BCUT2D eigenvalue weighted by atomic mass is 16.5. The third-order valence-corrected chi connectivity index (χ3v) is 4.01. The van der Waals surface area contributed by atoms with E-state index < -0.39 is 12.0 Å². The van der Waals surface area contributed by atoms with Gasteiger partial charge in [0.15, 0.2) is 0 Å². The molecule has 0 saturated carbocycles. The monoisotopic (exact) mass is 318 g/mol. The predicted octanol–water partition coefficient (Wildman–Crippen LogP) is 1.96. The molecule has 2 amide bonds. The molecule has 124 valence electrons. The van der Waals surface area contributed by atoms with Crippen LogP contribution in [-0.4, -0.2) is 30.9 Å². The average Bonchev–Trinajstić information content (AvgIpc) is 2.78. The zero-order valence-electron chi connectivity index (χ0n) is 13.4. The summed E-state index contributed by atoms with van der Waals surface area (Å²) in [5, 5.41) is 5.54. The Hall–Kier alpha value is -2.37. The molecule has 1 saturated heterocycles. The van der Waals surface area contributed by atoms with E-state index in [0.29, 0.717) is 18.5 Å². The van der Waals surface area contributed by atoms with Gasteiger partial charge in [0.25, 0.3) is 0 Å². The molecule has 2 atom stereocenters. The maximum atomic E-state index is 12.3. The van der Waals surface area contributed by atoms with E-state index in [1.54, 1.807) is 25.1 Å². The third kappa shape index (κ3) is 4.55. The molecular weight excluding hydrogens is 296 g/mol. The summed E-state index contributed by atoms with van der Waals surface area (Å²) in [5.74, 6) is -1.06. The second-order valence-electron chi connectivity index (χ2n) is 5.73. The number of hydrogen-bond donors (Lipinski definition) is 2. The van der Waals surface area contributed by atoms with Crippen molar-refractivity contribution < 1.29 is 19.1 Å². The Balaban J connectivity index is 2.06. The first-order valence-electron chi connectivity index (χ1n) is 7.79. The summed E-state index contributed by atoms with van der Waals surface area (Å²) in [7, 11) is 1.35. The van der Waals surface area contributed by atoms with Gasteiger partial charge in [0.2, 0.25) is 11.8 Å². The summed E-state index contributed by atoms with van der Waals surface area (Å²) in [6.07, 6.45) is 2.75. The second-order valence-corrected chi connectivity index (χ2v) is 5.73. The van der Waals surface area contributed by atoms with Gasteiger partial charge in [-0.2, -0.15) is 0 Å². The van der Waals surface area contributed by atoms with Crippen molar-refractivity contribution in [3.05, 3.63) is 29.8 Å². The van der Waals surface area contributed by atoms with Crippen molar-refractivity contribution in [2.24, 2.45) is 0 Å². The molecule has 23 heavy (non-hydrogen) atoms. The fourth-order valence-electron chi connectivity index (χ4n) is 2.60. The highest BCUT2D eigenvalue weighted by Gasteiger charge is 2.23. The van der Waals surface area contributed by atoms with Gasteiger partial charge < -0.3 is 15.4 Å². The van der Waals surface area contributed by atoms with Gasteiger partial charge >= 0.3 is 5.97 Å². The van der Waals surface area contributed by atoms with Gasteiger partial charge in [0, 0.05) is 12.1 Å². The van der Waals surface area contributed by atoms with E-state index in [2.05, 4.69) is 10.6 Å². The van der Waals surface area contributed by atoms with E-state index in [1.165, 1.54) is 7.11 Å². The lowest BCUT2D eigenvalue weighted by molar-refractivity contribution is -0.142. The van der Waals surface area contributed by atoms with Crippen LogP contribution in [0.4, 0.5) is 5.69 Å². The number of carbonyl (C=O) groups is 3. The van der Waals surface area contributed by atoms with Crippen molar-refractivity contribution in [2.75, 3.05) is 12.4 Å². The van der Waals surface area contributed by atoms with Crippen molar-refractivity contribution in [1.29, 1.82) is 0 Å². The van der Waals surface area contributed by atoms with Crippen LogP contribution in [0.1, 0.15) is 44.1 Å². The van der Waals surface area contributed by atoms with Gasteiger partial charge in [-0.3, -0.25) is 14.4 Å². The molecule has 1 aliphatic heterocycles. The Morgan fingerprint density at radius 1 is 1.35 bits per heavy atom. The molecule has 1 heterocycles. The number of esters is 1. The molecule has 1 aliphatic rings. The highest BCUT2D eigenvalue weighted by molar-refractivity contribution is 5.97. The van der Waals surface area contributed by atoms with Crippen LogP contribution in [0.3, 0.4) is 0 Å². The largest absolute Gasteiger partial charge is 0.469 e. The van der Waals surface area contributed by atoms with Crippen LogP contribution >= 0.6 is 0 Å². The average molecular weight is 318 g/mol. The van der Waals surface area contributed by atoms with Crippen LogP contribution in [0.2, 0.25) is 0 Å². The number of rotatable bonds is 4. The molecule has 0 radical (unpaired) electrons. The molecule has 6 heteroatoms. The lowest BCUT2D eigenvalue weighted by Gasteiger charge is -2.16. The van der Waals surface area contributed by atoms with Gasteiger partial charge in [-0.15, -0.1) is 0 Å². The standard InChI is InChI=1S/C17H22N2O4/c1-11(17(22)23-2)12-6-5-7-13(10-12)18-16(21)14-8-3-4-9-15(20)19-14/h5-7,10-11,14H,3-4,8-9H2,1-2H3,(H,18,21)(H,19,20). The molecule has 2 rings (SSSR count). The lowest BCUT2D eigenvalue weighted by atomic mass is 10.0. The van der Waals surface area contributed by atoms with Crippen molar-refractivity contribution in [1.82, 2.24) is 5.32 Å². The van der Waals surface area contributed by atoms with Crippen molar-refractivity contribution in [2.45, 2.75) is 44.6 Å². The zero-order valence-corrected chi connectivity index (χ0v) is 13.4. The third-order valence-electron chi connectivity index (χ3n) is 4.01. The Bertz CT molecular complexity index is 600. The number of hydrogen-bond acceptors (Lipinski definition) is 4. The Labute approximate surface area is 135 Å². The molecule has 1 aromatic carbocycles. The number of nitrogens with one attached hydrogen (secondary N) is 2. The van der Waals surface area contributed by atoms with E-state index in [-0.39, 0.29) is 17.8 Å². The summed E-state index contributed by atoms with van der Waals surface area (Å²) in [6, 6.07) is 6.58. The predicted molar refractivity (Wildman–Crippen MR) is 85.9 cm³/mol.